The number of amides is 1. The minimum atomic E-state index is -1.18. The third kappa shape index (κ3) is 3.07. The molecule has 0 aromatic carbocycles. The molecule has 1 aliphatic rings. The number of β-amino-alcohol motifs (C(OH)–C–C–N with tert-alkyl or cyclic N) is 1. The van der Waals surface area contributed by atoms with E-state index in [4.69, 9.17) is 0 Å². The molecular weight excluding hydrogens is 348 g/mol. The van der Waals surface area contributed by atoms with Crippen molar-refractivity contribution in [2.24, 2.45) is 12.5 Å². The third-order valence-electron chi connectivity index (χ3n) is 5.60. The number of hydrogen-bond donors (Lipinski definition) is 2. The van der Waals surface area contributed by atoms with Crippen LogP contribution in [0.1, 0.15) is 47.9 Å². The Kier molecular flexibility index (Phi) is 4.94. The molecule has 0 aliphatic carbocycles. The number of carbonyl (C=O) groups excluding carboxylic acids is 1. The number of aromatic nitrogens is 3. The van der Waals surface area contributed by atoms with Gasteiger partial charge in [-0.25, -0.2) is 4.98 Å². The van der Waals surface area contributed by atoms with Crippen LogP contribution in [0.5, 0.6) is 0 Å². The van der Waals surface area contributed by atoms with Crippen molar-refractivity contribution in [2.75, 3.05) is 13.1 Å². The number of fused-ring (bicyclic) bond motifs is 1. The zero-order valence-electron chi connectivity index (χ0n) is 16.2. The monoisotopic (exact) mass is 374 g/mol. The van der Waals surface area contributed by atoms with Gasteiger partial charge in [0, 0.05) is 25.8 Å². The molecule has 146 valence electrons. The molecule has 3 rings (SSSR count). The number of piperidine rings is 1. The quantitative estimate of drug-likeness (QED) is 0.843. The number of carbonyl (C=O) groups is 2. The van der Waals surface area contributed by atoms with E-state index >= 15 is 0 Å². The van der Waals surface area contributed by atoms with Crippen molar-refractivity contribution in [2.45, 2.75) is 46.1 Å². The third-order valence-corrected chi connectivity index (χ3v) is 5.60. The summed E-state index contributed by atoms with van der Waals surface area (Å²) < 4.78 is 1.65. The lowest BCUT2D eigenvalue weighted by Crippen LogP contribution is -2.56. The molecule has 0 bridgehead atoms. The standard InChI is InChI=1S/C19H26N4O4/c1-5-6-19(18(26)27)7-8-23(10-14(19)24)17(25)13-9-11(2)20-16-15(13)12(3)21-22(16)4/h9,14,24H,5-8,10H2,1-4H3,(H,26,27)/t14-,19-/m0/s1. The van der Waals surface area contributed by atoms with Crippen LogP contribution in [0.15, 0.2) is 6.07 Å². The molecule has 27 heavy (non-hydrogen) atoms. The first-order chi connectivity index (χ1) is 12.7. The number of likely N-dealkylation sites (tertiary alicyclic amines) is 1. The van der Waals surface area contributed by atoms with Gasteiger partial charge in [-0.1, -0.05) is 13.3 Å². The van der Waals surface area contributed by atoms with E-state index in [1.165, 1.54) is 0 Å². The number of hydrogen-bond acceptors (Lipinski definition) is 5. The fourth-order valence-corrected chi connectivity index (χ4v) is 4.16. The van der Waals surface area contributed by atoms with E-state index in [9.17, 15) is 19.8 Å². The highest BCUT2D eigenvalue weighted by molar-refractivity contribution is 6.06. The Labute approximate surface area is 157 Å². The molecule has 8 nitrogen and oxygen atoms in total. The molecular formula is C19H26N4O4. The summed E-state index contributed by atoms with van der Waals surface area (Å²) in [6.07, 6.45) is 0.200. The van der Waals surface area contributed by atoms with Gasteiger partial charge in [-0.05, 0) is 32.8 Å². The lowest BCUT2D eigenvalue weighted by molar-refractivity contribution is -0.162. The van der Waals surface area contributed by atoms with E-state index in [0.717, 1.165) is 0 Å². The van der Waals surface area contributed by atoms with Gasteiger partial charge >= 0.3 is 5.97 Å². The molecule has 0 unspecified atom stereocenters. The van der Waals surface area contributed by atoms with Gasteiger partial charge in [0.05, 0.1) is 28.2 Å². The van der Waals surface area contributed by atoms with Gasteiger partial charge in [0.25, 0.3) is 5.91 Å². The molecule has 2 aromatic rings. The molecule has 2 aromatic heterocycles. The summed E-state index contributed by atoms with van der Waals surface area (Å²) in [6, 6.07) is 1.73. The van der Waals surface area contributed by atoms with Crippen LogP contribution in [0, 0.1) is 19.3 Å². The summed E-state index contributed by atoms with van der Waals surface area (Å²) in [5.74, 6) is -1.22. The molecule has 1 saturated heterocycles. The Balaban J connectivity index is 1.95. The van der Waals surface area contributed by atoms with Gasteiger partial charge in [0.15, 0.2) is 5.65 Å². The number of carboxylic acid groups (broad SMARTS) is 1. The topological polar surface area (TPSA) is 109 Å². The van der Waals surface area contributed by atoms with Gasteiger partial charge < -0.3 is 15.1 Å². The van der Waals surface area contributed by atoms with Gasteiger partial charge in [-0.3, -0.25) is 14.3 Å². The van der Waals surface area contributed by atoms with Crippen molar-refractivity contribution in [1.29, 1.82) is 0 Å². The van der Waals surface area contributed by atoms with Crippen LogP contribution in [-0.4, -0.2) is 60.9 Å². The maximum atomic E-state index is 13.2. The van der Waals surface area contributed by atoms with Gasteiger partial charge in [0.2, 0.25) is 0 Å². The van der Waals surface area contributed by atoms with E-state index in [0.29, 0.717) is 47.4 Å². The van der Waals surface area contributed by atoms with Crippen LogP contribution < -0.4 is 0 Å². The largest absolute Gasteiger partial charge is 0.481 e. The number of aliphatic hydroxyl groups is 1. The normalized spacial score (nSPS) is 23.0. The van der Waals surface area contributed by atoms with Crippen molar-refractivity contribution in [3.05, 3.63) is 23.0 Å². The minimum Gasteiger partial charge on any atom is -0.481 e. The molecule has 1 amide bonds. The molecule has 8 heteroatoms. The Morgan fingerprint density at radius 3 is 2.67 bits per heavy atom. The fraction of sp³-hybridized carbons (Fsp3) is 0.579. The number of aliphatic carboxylic acids is 1. The summed E-state index contributed by atoms with van der Waals surface area (Å²) in [4.78, 5) is 31.0. The zero-order chi connectivity index (χ0) is 19.9. The van der Waals surface area contributed by atoms with Gasteiger partial charge in [-0.15, -0.1) is 0 Å². The van der Waals surface area contributed by atoms with Gasteiger partial charge in [0.1, 0.15) is 0 Å². The van der Waals surface area contributed by atoms with Crippen LogP contribution in [0.3, 0.4) is 0 Å². The Bertz CT molecular complexity index is 907. The zero-order valence-corrected chi connectivity index (χ0v) is 16.2. The summed E-state index contributed by atoms with van der Waals surface area (Å²) in [5.41, 5.74) is 1.37. The van der Waals surface area contributed by atoms with Crippen LogP contribution in [0.4, 0.5) is 0 Å². The Hall–Kier alpha value is -2.48. The first-order valence-corrected chi connectivity index (χ1v) is 9.23. The van der Waals surface area contributed by atoms with Crippen molar-refractivity contribution in [1.82, 2.24) is 19.7 Å². The van der Waals surface area contributed by atoms with E-state index in [1.807, 2.05) is 20.8 Å². The van der Waals surface area contributed by atoms with Crippen LogP contribution in [0.25, 0.3) is 11.0 Å². The Morgan fingerprint density at radius 2 is 2.07 bits per heavy atom. The van der Waals surface area contributed by atoms with E-state index < -0.39 is 17.5 Å². The lowest BCUT2D eigenvalue weighted by atomic mass is 9.72. The van der Waals surface area contributed by atoms with E-state index in [2.05, 4.69) is 10.1 Å². The summed E-state index contributed by atoms with van der Waals surface area (Å²) in [7, 11) is 1.78. The molecule has 1 aliphatic heterocycles. The second kappa shape index (κ2) is 6.92. The highest BCUT2D eigenvalue weighted by Crippen LogP contribution is 2.37. The molecule has 2 N–H and O–H groups in total. The number of rotatable bonds is 4. The predicted molar refractivity (Wildman–Crippen MR) is 99.5 cm³/mol. The van der Waals surface area contributed by atoms with E-state index in [-0.39, 0.29) is 18.9 Å². The molecule has 1 fully saturated rings. The Morgan fingerprint density at radius 1 is 1.37 bits per heavy atom. The maximum absolute atomic E-state index is 13.2. The number of aryl methyl sites for hydroxylation is 3. The van der Waals surface area contributed by atoms with Crippen molar-refractivity contribution >= 4 is 22.9 Å². The first kappa shape index (κ1) is 19.3. The van der Waals surface area contributed by atoms with Crippen LogP contribution in [-0.2, 0) is 11.8 Å². The average Bonchev–Trinajstić information content (AvgIpc) is 2.89. The summed E-state index contributed by atoms with van der Waals surface area (Å²) in [6.45, 7) is 5.85. The fourth-order valence-electron chi connectivity index (χ4n) is 4.16. The average molecular weight is 374 g/mol. The second-order valence-corrected chi connectivity index (χ2v) is 7.45. The van der Waals surface area contributed by atoms with E-state index in [1.54, 1.807) is 22.7 Å². The molecule has 0 radical (unpaired) electrons. The molecule has 3 heterocycles. The SMILES string of the molecule is CCC[C@]1(C(=O)O)CCN(C(=O)c2cc(C)nc3c2c(C)nn3C)C[C@@H]1O. The summed E-state index contributed by atoms with van der Waals surface area (Å²) in [5, 5.41) is 25.3. The molecule has 0 saturated carbocycles. The van der Waals surface area contributed by atoms with Crippen molar-refractivity contribution in [3.63, 3.8) is 0 Å². The van der Waals surface area contributed by atoms with Gasteiger partial charge in [-0.2, -0.15) is 5.10 Å². The molecule has 0 spiro atoms. The number of carboxylic acids is 1. The number of aliphatic hydroxyl groups excluding tert-OH is 1. The second-order valence-electron chi connectivity index (χ2n) is 7.45. The highest BCUT2D eigenvalue weighted by atomic mass is 16.4. The summed E-state index contributed by atoms with van der Waals surface area (Å²) >= 11 is 0. The van der Waals surface area contributed by atoms with Crippen LogP contribution >= 0.6 is 0 Å². The van der Waals surface area contributed by atoms with Crippen LogP contribution in [0.2, 0.25) is 0 Å². The lowest BCUT2D eigenvalue weighted by Gasteiger charge is -2.42. The number of pyridine rings is 1. The maximum Gasteiger partial charge on any atom is 0.312 e. The predicted octanol–water partition coefficient (Wildman–Crippen LogP) is 1.66. The minimum absolute atomic E-state index is 0.00725. The number of nitrogens with zero attached hydrogens (tertiary/aromatic N) is 4. The molecule has 2 atom stereocenters. The first-order valence-electron chi connectivity index (χ1n) is 9.23. The van der Waals surface area contributed by atoms with Crippen molar-refractivity contribution in [3.8, 4) is 0 Å². The van der Waals surface area contributed by atoms with Crippen molar-refractivity contribution < 1.29 is 19.8 Å². The smallest absolute Gasteiger partial charge is 0.312 e. The highest BCUT2D eigenvalue weighted by Gasteiger charge is 2.48.